The van der Waals surface area contributed by atoms with Gasteiger partial charge in [0.1, 0.15) is 5.75 Å². The number of aryl methyl sites for hydroxylation is 1. The lowest BCUT2D eigenvalue weighted by Gasteiger charge is -2.20. The minimum absolute atomic E-state index is 0.0989. The van der Waals surface area contributed by atoms with Crippen LogP contribution in [0.5, 0.6) is 5.75 Å². The molecule has 2 atom stereocenters. The summed E-state index contributed by atoms with van der Waals surface area (Å²) < 4.78 is 0. The number of hydrogen-bond acceptors (Lipinski definition) is 3. The first-order valence-electron chi connectivity index (χ1n) is 7.38. The van der Waals surface area contributed by atoms with Crippen molar-refractivity contribution in [2.75, 3.05) is 5.75 Å². The van der Waals surface area contributed by atoms with Crippen molar-refractivity contribution in [1.29, 1.82) is 0 Å². The van der Waals surface area contributed by atoms with E-state index in [0.717, 1.165) is 17.7 Å². The van der Waals surface area contributed by atoms with E-state index >= 15 is 0 Å². The van der Waals surface area contributed by atoms with Crippen molar-refractivity contribution in [2.45, 2.75) is 50.3 Å². The first kappa shape index (κ1) is 15.2. The van der Waals surface area contributed by atoms with Crippen LogP contribution in [0.2, 0.25) is 0 Å². The normalized spacial score (nSPS) is 21.9. The summed E-state index contributed by atoms with van der Waals surface area (Å²) in [6.07, 6.45) is 4.55. The highest BCUT2D eigenvalue weighted by atomic mass is 32.2. The van der Waals surface area contributed by atoms with Crippen LogP contribution >= 0.6 is 11.8 Å². The van der Waals surface area contributed by atoms with Crippen LogP contribution in [0, 0.1) is 0 Å². The number of thioether (sulfide) groups is 1. The summed E-state index contributed by atoms with van der Waals surface area (Å²) >= 11 is 1.95. The molecule has 0 aliphatic heterocycles. The second-order valence-electron chi connectivity index (χ2n) is 5.23. The predicted molar refractivity (Wildman–Crippen MR) is 84.1 cm³/mol. The van der Waals surface area contributed by atoms with Gasteiger partial charge in [-0.05, 0) is 36.6 Å². The van der Waals surface area contributed by atoms with Gasteiger partial charge in [0, 0.05) is 17.7 Å². The van der Waals surface area contributed by atoms with Gasteiger partial charge in [0.15, 0.2) is 0 Å². The Kier molecular flexibility index (Phi) is 5.77. The van der Waals surface area contributed by atoms with E-state index in [1.165, 1.54) is 12.8 Å². The summed E-state index contributed by atoms with van der Waals surface area (Å²) in [7, 11) is 0. The summed E-state index contributed by atoms with van der Waals surface area (Å²) in [6, 6.07) is 7.55. The molecule has 1 amide bonds. The third kappa shape index (κ3) is 4.17. The number of hydrogen-bond donors (Lipinski definition) is 2. The molecule has 1 aliphatic rings. The van der Waals surface area contributed by atoms with Crippen molar-refractivity contribution in [2.24, 2.45) is 0 Å². The number of phenols is 1. The van der Waals surface area contributed by atoms with Crippen LogP contribution in [0.15, 0.2) is 24.3 Å². The fraction of sp³-hybridized carbons (Fsp3) is 0.562. The molecule has 4 heteroatoms. The third-order valence-corrected chi connectivity index (χ3v) is 5.12. The Morgan fingerprint density at radius 3 is 2.95 bits per heavy atom. The van der Waals surface area contributed by atoms with Gasteiger partial charge in [0.05, 0.1) is 0 Å². The Morgan fingerprint density at radius 1 is 1.40 bits per heavy atom. The zero-order valence-electron chi connectivity index (χ0n) is 12.0. The molecule has 1 fully saturated rings. The average molecular weight is 293 g/mol. The molecule has 1 saturated carbocycles. The van der Waals surface area contributed by atoms with Gasteiger partial charge >= 0.3 is 0 Å². The van der Waals surface area contributed by atoms with Gasteiger partial charge in [-0.25, -0.2) is 0 Å². The molecule has 0 bridgehead atoms. The van der Waals surface area contributed by atoms with E-state index < -0.39 is 0 Å². The molecule has 0 radical (unpaired) electrons. The summed E-state index contributed by atoms with van der Waals surface area (Å²) in [5.74, 6) is 1.48. The molecule has 0 spiro atoms. The number of phenolic OH excluding ortho intramolecular Hbond substituents is 1. The molecule has 2 rings (SSSR count). The van der Waals surface area contributed by atoms with Gasteiger partial charge in [-0.3, -0.25) is 4.79 Å². The maximum absolute atomic E-state index is 12.0. The highest BCUT2D eigenvalue weighted by molar-refractivity contribution is 7.99. The Bertz CT molecular complexity index is 450. The molecule has 3 nitrogen and oxygen atoms in total. The molecule has 110 valence electrons. The topological polar surface area (TPSA) is 49.3 Å². The molecule has 0 aromatic heterocycles. The summed E-state index contributed by atoms with van der Waals surface area (Å²) in [4.78, 5) is 12.0. The highest BCUT2D eigenvalue weighted by Crippen LogP contribution is 2.30. The summed E-state index contributed by atoms with van der Waals surface area (Å²) in [5, 5.41) is 13.4. The second kappa shape index (κ2) is 7.58. The summed E-state index contributed by atoms with van der Waals surface area (Å²) in [5.41, 5.74) is 0.841. The van der Waals surface area contributed by atoms with E-state index in [0.29, 0.717) is 24.1 Å². The number of carbonyl (C=O) groups excluding carboxylic acids is 1. The van der Waals surface area contributed by atoms with Gasteiger partial charge in [0.2, 0.25) is 5.91 Å². The van der Waals surface area contributed by atoms with Crippen LogP contribution in [0.25, 0.3) is 0 Å². The van der Waals surface area contributed by atoms with Crippen LogP contribution < -0.4 is 5.32 Å². The number of para-hydroxylation sites is 1. The lowest BCUT2D eigenvalue weighted by molar-refractivity contribution is -0.121. The minimum atomic E-state index is 0.0989. The Labute approximate surface area is 125 Å². The largest absolute Gasteiger partial charge is 0.508 e. The molecule has 1 aromatic rings. The number of carbonyl (C=O) groups is 1. The van der Waals surface area contributed by atoms with E-state index in [1.807, 2.05) is 23.9 Å². The van der Waals surface area contributed by atoms with Gasteiger partial charge in [-0.1, -0.05) is 31.5 Å². The lowest BCUT2D eigenvalue weighted by Crippen LogP contribution is -2.38. The number of aromatic hydroxyl groups is 1. The molecular formula is C16H23NO2S. The SMILES string of the molecule is CCS[C@H]1CCC[C@H]1NC(=O)CCc1ccccc1O. The van der Waals surface area contributed by atoms with Crippen LogP contribution in [0.1, 0.15) is 38.2 Å². The van der Waals surface area contributed by atoms with E-state index in [2.05, 4.69) is 12.2 Å². The molecule has 0 unspecified atom stereocenters. The first-order chi connectivity index (χ1) is 9.70. The number of nitrogens with one attached hydrogen (secondary N) is 1. The van der Waals surface area contributed by atoms with Crippen LogP contribution in [-0.2, 0) is 11.2 Å². The molecule has 1 aliphatic carbocycles. The molecule has 2 N–H and O–H groups in total. The van der Waals surface area contributed by atoms with E-state index in [4.69, 9.17) is 0 Å². The van der Waals surface area contributed by atoms with Crippen LogP contribution in [-0.4, -0.2) is 28.1 Å². The quantitative estimate of drug-likeness (QED) is 0.847. The van der Waals surface area contributed by atoms with Crippen molar-refractivity contribution in [1.82, 2.24) is 5.32 Å². The zero-order valence-corrected chi connectivity index (χ0v) is 12.8. The van der Waals surface area contributed by atoms with Crippen molar-refractivity contribution in [3.05, 3.63) is 29.8 Å². The Morgan fingerprint density at radius 2 is 2.20 bits per heavy atom. The fourth-order valence-electron chi connectivity index (χ4n) is 2.75. The van der Waals surface area contributed by atoms with E-state index in [-0.39, 0.29) is 11.7 Å². The first-order valence-corrected chi connectivity index (χ1v) is 8.43. The maximum Gasteiger partial charge on any atom is 0.220 e. The van der Waals surface area contributed by atoms with Crippen molar-refractivity contribution in [3.63, 3.8) is 0 Å². The van der Waals surface area contributed by atoms with E-state index in [9.17, 15) is 9.90 Å². The average Bonchev–Trinajstić information content (AvgIpc) is 2.86. The highest BCUT2D eigenvalue weighted by Gasteiger charge is 2.28. The summed E-state index contributed by atoms with van der Waals surface area (Å²) in [6.45, 7) is 2.17. The predicted octanol–water partition coefficient (Wildman–Crippen LogP) is 3.12. The minimum Gasteiger partial charge on any atom is -0.508 e. The van der Waals surface area contributed by atoms with Gasteiger partial charge in [-0.2, -0.15) is 11.8 Å². The number of benzene rings is 1. The lowest BCUT2D eigenvalue weighted by atomic mass is 10.1. The molecular weight excluding hydrogens is 270 g/mol. The molecule has 0 heterocycles. The zero-order chi connectivity index (χ0) is 14.4. The third-order valence-electron chi connectivity index (χ3n) is 3.79. The van der Waals surface area contributed by atoms with Crippen LogP contribution in [0.3, 0.4) is 0 Å². The Hall–Kier alpha value is -1.16. The van der Waals surface area contributed by atoms with Crippen molar-refractivity contribution < 1.29 is 9.90 Å². The fourth-order valence-corrected chi connectivity index (χ4v) is 3.95. The van der Waals surface area contributed by atoms with Gasteiger partial charge in [0.25, 0.3) is 0 Å². The smallest absolute Gasteiger partial charge is 0.220 e. The van der Waals surface area contributed by atoms with Crippen LogP contribution in [0.4, 0.5) is 0 Å². The van der Waals surface area contributed by atoms with E-state index in [1.54, 1.807) is 12.1 Å². The van der Waals surface area contributed by atoms with Crippen molar-refractivity contribution >= 4 is 17.7 Å². The van der Waals surface area contributed by atoms with Gasteiger partial charge < -0.3 is 10.4 Å². The van der Waals surface area contributed by atoms with Crippen molar-refractivity contribution in [3.8, 4) is 5.75 Å². The maximum atomic E-state index is 12.0. The van der Waals surface area contributed by atoms with Gasteiger partial charge in [-0.15, -0.1) is 0 Å². The second-order valence-corrected chi connectivity index (χ2v) is 6.74. The molecule has 1 aromatic carbocycles. The number of rotatable bonds is 6. The number of amides is 1. The molecule has 20 heavy (non-hydrogen) atoms. The standard InChI is InChI=1S/C16H23NO2S/c1-2-20-15-9-5-7-13(15)17-16(19)11-10-12-6-3-4-8-14(12)18/h3-4,6,8,13,15,18H,2,5,7,9-11H2,1H3,(H,17,19)/t13-,15+/m1/s1. The monoisotopic (exact) mass is 293 g/mol. The molecule has 0 saturated heterocycles. The Balaban J connectivity index is 1.79.